The van der Waals surface area contributed by atoms with E-state index in [4.69, 9.17) is 32.7 Å². The van der Waals surface area contributed by atoms with Crippen molar-refractivity contribution in [2.75, 3.05) is 32.2 Å². The lowest BCUT2D eigenvalue weighted by Crippen LogP contribution is -2.29. The molecule has 1 heterocycles. The van der Waals surface area contributed by atoms with Crippen molar-refractivity contribution < 1.29 is 23.9 Å². The predicted molar refractivity (Wildman–Crippen MR) is 121 cm³/mol. The van der Waals surface area contributed by atoms with Gasteiger partial charge in [0.05, 0.1) is 27.8 Å². The number of nitrogens with one attached hydrogen (secondary N) is 2. The maximum Gasteiger partial charge on any atom is 0.338 e. The molecule has 1 aliphatic rings. The second-order valence-electron chi connectivity index (χ2n) is 6.92. The van der Waals surface area contributed by atoms with Crippen molar-refractivity contribution in [1.29, 1.82) is 0 Å². The number of hydrogen-bond donors (Lipinski definition) is 2. The molecule has 0 unspecified atom stereocenters. The second-order valence-corrected chi connectivity index (χ2v) is 8.84. The zero-order valence-electron chi connectivity index (χ0n) is 16.9. The lowest BCUT2D eigenvalue weighted by molar-refractivity contribution is -0.119. The van der Waals surface area contributed by atoms with Crippen molar-refractivity contribution in [3.8, 4) is 0 Å². The van der Waals surface area contributed by atoms with Gasteiger partial charge < -0.3 is 20.1 Å². The Morgan fingerprint density at radius 2 is 1.90 bits per heavy atom. The van der Waals surface area contributed by atoms with Crippen molar-refractivity contribution in [3.63, 3.8) is 0 Å². The van der Waals surface area contributed by atoms with Crippen molar-refractivity contribution in [3.05, 3.63) is 49.8 Å². The molecule has 1 aliphatic carbocycles. The number of carbonyl (C=O) groups is 3. The van der Waals surface area contributed by atoms with Crippen LogP contribution in [-0.4, -0.2) is 44.7 Å². The van der Waals surface area contributed by atoms with Crippen LogP contribution in [0.25, 0.3) is 0 Å². The van der Waals surface area contributed by atoms with Crippen LogP contribution in [0.1, 0.15) is 44.0 Å². The number of hydrogen-bond acceptors (Lipinski definition) is 6. The highest BCUT2D eigenvalue weighted by Gasteiger charge is 2.26. The van der Waals surface area contributed by atoms with E-state index in [0.29, 0.717) is 28.7 Å². The van der Waals surface area contributed by atoms with E-state index in [1.54, 1.807) is 7.11 Å². The summed E-state index contributed by atoms with van der Waals surface area (Å²) in [7, 11) is 1.56. The van der Waals surface area contributed by atoms with Gasteiger partial charge in [-0.05, 0) is 49.4 Å². The largest absolute Gasteiger partial charge is 0.452 e. The molecule has 1 aromatic carbocycles. The summed E-state index contributed by atoms with van der Waals surface area (Å²) in [6.07, 6.45) is 3.71. The van der Waals surface area contributed by atoms with Gasteiger partial charge in [-0.2, -0.15) is 0 Å². The monoisotopic (exact) mass is 484 g/mol. The molecule has 31 heavy (non-hydrogen) atoms. The molecular weight excluding hydrogens is 463 g/mol. The summed E-state index contributed by atoms with van der Waals surface area (Å²) in [4.78, 5) is 38.5. The fourth-order valence-electron chi connectivity index (χ4n) is 3.25. The van der Waals surface area contributed by atoms with E-state index in [1.807, 2.05) is 0 Å². The molecular formula is C21H22Cl2N2O5S. The van der Waals surface area contributed by atoms with Gasteiger partial charge in [-0.1, -0.05) is 23.2 Å². The first-order chi connectivity index (χ1) is 14.9. The Morgan fingerprint density at radius 1 is 1.13 bits per heavy atom. The molecule has 0 saturated carbocycles. The zero-order valence-corrected chi connectivity index (χ0v) is 19.2. The molecule has 2 aromatic rings. The summed E-state index contributed by atoms with van der Waals surface area (Å²) in [6.45, 7) is 0.269. The molecule has 0 saturated heterocycles. The van der Waals surface area contributed by atoms with Gasteiger partial charge in [0.1, 0.15) is 5.00 Å². The molecule has 0 spiro atoms. The highest BCUT2D eigenvalue weighted by molar-refractivity contribution is 7.17. The van der Waals surface area contributed by atoms with Gasteiger partial charge in [0, 0.05) is 18.5 Å². The third-order valence-electron chi connectivity index (χ3n) is 4.73. The molecule has 2 N–H and O–H groups in total. The van der Waals surface area contributed by atoms with Crippen molar-refractivity contribution in [1.82, 2.24) is 5.32 Å². The smallest absolute Gasteiger partial charge is 0.338 e. The molecule has 7 nitrogen and oxygen atoms in total. The molecule has 0 fully saturated rings. The van der Waals surface area contributed by atoms with Gasteiger partial charge in [-0.15, -0.1) is 11.3 Å². The molecule has 3 rings (SSSR count). The lowest BCUT2D eigenvalue weighted by atomic mass is 9.95. The third kappa shape index (κ3) is 5.98. The Hall–Kier alpha value is -2.13. The third-order valence-corrected chi connectivity index (χ3v) is 6.68. The number of carbonyl (C=O) groups excluding carboxylic acids is 3. The van der Waals surface area contributed by atoms with Crippen molar-refractivity contribution in [2.45, 2.75) is 25.7 Å². The number of amides is 2. The van der Waals surface area contributed by atoms with Crippen LogP contribution in [0.5, 0.6) is 0 Å². The van der Waals surface area contributed by atoms with Crippen molar-refractivity contribution >= 4 is 57.3 Å². The highest BCUT2D eigenvalue weighted by atomic mass is 35.5. The van der Waals surface area contributed by atoms with E-state index >= 15 is 0 Å². The topological polar surface area (TPSA) is 93.7 Å². The average molecular weight is 485 g/mol. The minimum absolute atomic E-state index is 0.187. The van der Waals surface area contributed by atoms with Crippen LogP contribution in [0.15, 0.2) is 18.2 Å². The number of esters is 1. The van der Waals surface area contributed by atoms with Gasteiger partial charge in [0.25, 0.3) is 11.8 Å². The number of fused-ring (bicyclic) bond motifs is 1. The Bertz CT molecular complexity index is 992. The van der Waals surface area contributed by atoms with Crippen LogP contribution in [0, 0.1) is 0 Å². The Morgan fingerprint density at radius 3 is 2.65 bits per heavy atom. The quantitative estimate of drug-likeness (QED) is 0.434. The molecule has 10 heteroatoms. The molecule has 0 atom stereocenters. The second kappa shape index (κ2) is 10.9. The molecule has 0 radical (unpaired) electrons. The van der Waals surface area contributed by atoms with Crippen LogP contribution in [0.3, 0.4) is 0 Å². The number of anilines is 1. The first kappa shape index (κ1) is 23.5. The van der Waals surface area contributed by atoms with E-state index in [9.17, 15) is 14.4 Å². The van der Waals surface area contributed by atoms with E-state index in [2.05, 4.69) is 10.6 Å². The van der Waals surface area contributed by atoms with Crippen LogP contribution < -0.4 is 10.6 Å². The number of ether oxygens (including phenoxy) is 2. The normalized spacial score (nSPS) is 12.7. The highest BCUT2D eigenvalue weighted by Crippen LogP contribution is 2.38. The number of methoxy groups -OCH3 is 1. The number of thiophene rings is 1. The number of halogens is 2. The van der Waals surface area contributed by atoms with Gasteiger partial charge in [0.15, 0.2) is 6.61 Å². The van der Waals surface area contributed by atoms with Crippen LogP contribution in [0.4, 0.5) is 5.00 Å². The zero-order chi connectivity index (χ0) is 22.4. The summed E-state index contributed by atoms with van der Waals surface area (Å²) in [5.74, 6) is -1.48. The number of benzene rings is 1. The van der Waals surface area contributed by atoms with E-state index in [1.165, 1.54) is 29.5 Å². The van der Waals surface area contributed by atoms with E-state index in [-0.39, 0.29) is 16.5 Å². The summed E-state index contributed by atoms with van der Waals surface area (Å²) in [6, 6.07) is 4.31. The van der Waals surface area contributed by atoms with Crippen molar-refractivity contribution in [2.24, 2.45) is 0 Å². The minimum atomic E-state index is -0.697. The Balaban J connectivity index is 1.67. The maximum atomic E-state index is 12.7. The first-order valence-electron chi connectivity index (χ1n) is 9.74. The Labute approximate surface area is 194 Å². The molecule has 1 aromatic heterocycles. The first-order valence-corrected chi connectivity index (χ1v) is 11.3. The van der Waals surface area contributed by atoms with E-state index < -0.39 is 18.5 Å². The number of rotatable bonds is 8. The average Bonchev–Trinajstić information content (AvgIpc) is 3.11. The summed E-state index contributed by atoms with van der Waals surface area (Å²) < 4.78 is 10.0. The summed E-state index contributed by atoms with van der Waals surface area (Å²) >= 11 is 13.1. The predicted octanol–water partition coefficient (Wildman–Crippen LogP) is 4.11. The van der Waals surface area contributed by atoms with Gasteiger partial charge in [-0.3, -0.25) is 9.59 Å². The summed E-state index contributed by atoms with van der Waals surface area (Å²) in [5.41, 5.74) is 1.65. The van der Waals surface area contributed by atoms with Gasteiger partial charge >= 0.3 is 5.97 Å². The maximum absolute atomic E-state index is 12.7. The molecule has 166 valence electrons. The van der Waals surface area contributed by atoms with Gasteiger partial charge in [-0.25, -0.2) is 4.79 Å². The van der Waals surface area contributed by atoms with Crippen LogP contribution >= 0.6 is 34.5 Å². The fraction of sp³-hybridized carbons (Fsp3) is 0.381. The Kier molecular flexibility index (Phi) is 8.31. The van der Waals surface area contributed by atoms with Gasteiger partial charge in [0.2, 0.25) is 0 Å². The summed E-state index contributed by atoms with van der Waals surface area (Å²) in [5, 5.41) is 6.54. The standard InChI is InChI=1S/C21H22Cl2N2O5S/c1-29-9-8-24-19(27)18-13-4-2-3-5-16(13)31-20(18)25-17(26)11-30-21(28)12-6-7-14(22)15(23)10-12/h6-7,10H,2-5,8-9,11H2,1H3,(H,24,27)(H,25,26). The fourth-order valence-corrected chi connectivity index (χ4v) is 4.85. The molecule has 0 bridgehead atoms. The van der Waals surface area contributed by atoms with E-state index in [0.717, 1.165) is 36.1 Å². The minimum Gasteiger partial charge on any atom is -0.452 e. The number of aryl methyl sites for hydroxylation is 1. The molecule has 2 amide bonds. The van der Waals surface area contributed by atoms with Crippen LogP contribution in [0.2, 0.25) is 10.0 Å². The van der Waals surface area contributed by atoms with Crippen LogP contribution in [-0.2, 0) is 27.1 Å². The molecule has 0 aliphatic heterocycles. The lowest BCUT2D eigenvalue weighted by Gasteiger charge is -2.13. The SMILES string of the molecule is COCCNC(=O)c1c(NC(=O)COC(=O)c2ccc(Cl)c(Cl)c2)sc2c1CCCC2.